The molecule has 1 aromatic heterocycles. The van der Waals surface area contributed by atoms with Crippen LogP contribution in [0.3, 0.4) is 0 Å². The average Bonchev–Trinajstić information content (AvgIpc) is 2.47. The Morgan fingerprint density at radius 3 is 2.68 bits per heavy atom. The van der Waals surface area contributed by atoms with Crippen LogP contribution in [0, 0.1) is 0 Å². The van der Waals surface area contributed by atoms with Crippen LogP contribution in [0.2, 0.25) is 0 Å². The zero-order valence-electron chi connectivity index (χ0n) is 10.5. The van der Waals surface area contributed by atoms with Gasteiger partial charge in [0.05, 0.1) is 12.4 Å². The van der Waals surface area contributed by atoms with Crippen molar-refractivity contribution in [3.05, 3.63) is 54.9 Å². The van der Waals surface area contributed by atoms with Crippen LogP contribution in [0.1, 0.15) is 0 Å². The maximum atomic E-state index is 5.72. The lowest BCUT2D eigenvalue weighted by atomic mass is 10.1. The van der Waals surface area contributed by atoms with E-state index in [1.165, 1.54) is 5.39 Å². The molecule has 94 valence electrons. The van der Waals surface area contributed by atoms with Gasteiger partial charge in [-0.25, -0.2) is 0 Å². The quantitative estimate of drug-likeness (QED) is 0.774. The van der Waals surface area contributed by atoms with Crippen LogP contribution in [0.25, 0.3) is 10.8 Å². The number of nitrogens with one attached hydrogen (secondary N) is 1. The molecule has 1 heterocycles. The van der Waals surface area contributed by atoms with Crippen molar-refractivity contribution in [3.8, 4) is 11.6 Å². The van der Waals surface area contributed by atoms with E-state index in [4.69, 9.17) is 4.74 Å². The topological polar surface area (TPSA) is 47.0 Å². The highest BCUT2D eigenvalue weighted by molar-refractivity contribution is 5.83. The maximum absolute atomic E-state index is 5.72. The summed E-state index contributed by atoms with van der Waals surface area (Å²) in [7, 11) is 1.80. The minimum Gasteiger partial charge on any atom is -0.437 e. The molecular formula is C15H13N3O. The largest absolute Gasteiger partial charge is 0.437 e. The third-order valence-electron chi connectivity index (χ3n) is 2.81. The van der Waals surface area contributed by atoms with Gasteiger partial charge in [0, 0.05) is 7.05 Å². The highest BCUT2D eigenvalue weighted by Crippen LogP contribution is 2.24. The van der Waals surface area contributed by atoms with Crippen molar-refractivity contribution in [2.45, 2.75) is 0 Å². The van der Waals surface area contributed by atoms with E-state index in [2.05, 4.69) is 27.4 Å². The van der Waals surface area contributed by atoms with Crippen LogP contribution in [0.5, 0.6) is 11.6 Å². The fourth-order valence-corrected chi connectivity index (χ4v) is 1.87. The first kappa shape index (κ1) is 11.5. The van der Waals surface area contributed by atoms with Crippen molar-refractivity contribution in [1.82, 2.24) is 9.97 Å². The molecule has 0 atom stereocenters. The van der Waals surface area contributed by atoms with Gasteiger partial charge in [0.15, 0.2) is 0 Å². The Bertz CT molecular complexity index is 712. The van der Waals surface area contributed by atoms with Gasteiger partial charge >= 0.3 is 0 Å². The molecule has 2 aromatic carbocycles. The van der Waals surface area contributed by atoms with Crippen molar-refractivity contribution < 1.29 is 4.74 Å². The van der Waals surface area contributed by atoms with E-state index in [9.17, 15) is 0 Å². The molecule has 4 nitrogen and oxygen atoms in total. The summed E-state index contributed by atoms with van der Waals surface area (Å²) in [5, 5.41) is 5.25. The molecule has 19 heavy (non-hydrogen) atoms. The first-order valence-electron chi connectivity index (χ1n) is 6.01. The second-order valence-electron chi connectivity index (χ2n) is 4.10. The van der Waals surface area contributed by atoms with Gasteiger partial charge in [-0.2, -0.15) is 4.98 Å². The number of benzene rings is 2. The zero-order chi connectivity index (χ0) is 13.1. The molecule has 4 heteroatoms. The molecule has 0 aliphatic carbocycles. The molecule has 3 rings (SSSR count). The predicted octanol–water partition coefficient (Wildman–Crippen LogP) is 3.46. The van der Waals surface area contributed by atoms with Crippen LogP contribution in [-0.2, 0) is 0 Å². The molecule has 0 fully saturated rings. The van der Waals surface area contributed by atoms with Gasteiger partial charge in [-0.3, -0.25) is 4.98 Å². The van der Waals surface area contributed by atoms with Gasteiger partial charge in [0.25, 0.3) is 0 Å². The zero-order valence-corrected chi connectivity index (χ0v) is 10.5. The van der Waals surface area contributed by atoms with Crippen LogP contribution >= 0.6 is 0 Å². The summed E-state index contributed by atoms with van der Waals surface area (Å²) in [6.07, 6.45) is 3.24. The number of hydrogen-bond donors (Lipinski definition) is 1. The predicted molar refractivity (Wildman–Crippen MR) is 75.6 cm³/mol. The minimum absolute atomic E-state index is 0.474. The smallest absolute Gasteiger partial charge is 0.239 e. The Hall–Kier alpha value is -2.62. The van der Waals surface area contributed by atoms with Crippen LogP contribution in [0.4, 0.5) is 5.82 Å². The molecule has 0 unspecified atom stereocenters. The van der Waals surface area contributed by atoms with Crippen molar-refractivity contribution in [2.75, 3.05) is 12.4 Å². The molecule has 3 aromatic rings. The summed E-state index contributed by atoms with van der Waals surface area (Å²) in [5.41, 5.74) is 0. The molecule has 0 radical (unpaired) electrons. The Morgan fingerprint density at radius 2 is 1.84 bits per heavy atom. The second kappa shape index (κ2) is 4.94. The van der Waals surface area contributed by atoms with E-state index in [1.807, 2.05) is 30.3 Å². The summed E-state index contributed by atoms with van der Waals surface area (Å²) in [6, 6.07) is 14.1. The van der Waals surface area contributed by atoms with Gasteiger partial charge in [-0.15, -0.1) is 0 Å². The standard InChI is InChI=1S/C15H13N3O/c1-16-14-9-17-10-15(18-14)19-13-7-6-11-4-2-3-5-12(11)8-13/h2-10H,1H3,(H,16,18). The number of hydrogen-bond acceptors (Lipinski definition) is 4. The van der Waals surface area contributed by atoms with Crippen LogP contribution in [0.15, 0.2) is 54.9 Å². The first-order valence-corrected chi connectivity index (χ1v) is 6.01. The van der Waals surface area contributed by atoms with Gasteiger partial charge in [-0.1, -0.05) is 30.3 Å². The molecule has 0 aliphatic heterocycles. The Kier molecular flexibility index (Phi) is 2.98. The van der Waals surface area contributed by atoms with E-state index >= 15 is 0 Å². The Morgan fingerprint density at radius 1 is 1.00 bits per heavy atom. The lowest BCUT2D eigenvalue weighted by Crippen LogP contribution is -1.95. The van der Waals surface area contributed by atoms with Crippen molar-refractivity contribution in [1.29, 1.82) is 0 Å². The minimum atomic E-state index is 0.474. The number of fused-ring (bicyclic) bond motifs is 1. The van der Waals surface area contributed by atoms with Crippen molar-refractivity contribution >= 4 is 16.6 Å². The van der Waals surface area contributed by atoms with Gasteiger partial charge in [-0.05, 0) is 22.9 Å². The van der Waals surface area contributed by atoms with Crippen molar-refractivity contribution in [2.24, 2.45) is 0 Å². The highest BCUT2D eigenvalue weighted by Gasteiger charge is 2.01. The van der Waals surface area contributed by atoms with E-state index in [-0.39, 0.29) is 0 Å². The SMILES string of the molecule is CNc1cncc(Oc2ccc3ccccc3c2)n1. The molecular weight excluding hydrogens is 238 g/mol. The fourth-order valence-electron chi connectivity index (χ4n) is 1.87. The van der Waals surface area contributed by atoms with Gasteiger partial charge < -0.3 is 10.1 Å². The summed E-state index contributed by atoms with van der Waals surface area (Å²) in [4.78, 5) is 8.33. The molecule has 0 saturated carbocycles. The number of aromatic nitrogens is 2. The van der Waals surface area contributed by atoms with Crippen LogP contribution in [-0.4, -0.2) is 17.0 Å². The number of anilines is 1. The molecule has 0 amide bonds. The van der Waals surface area contributed by atoms with E-state index in [1.54, 1.807) is 19.4 Å². The number of ether oxygens (including phenoxy) is 1. The maximum Gasteiger partial charge on any atom is 0.239 e. The van der Waals surface area contributed by atoms with E-state index < -0.39 is 0 Å². The normalized spacial score (nSPS) is 10.4. The molecule has 0 bridgehead atoms. The Labute approximate surface area is 111 Å². The molecule has 1 N–H and O–H groups in total. The third kappa shape index (κ3) is 2.47. The second-order valence-corrected chi connectivity index (χ2v) is 4.10. The number of nitrogens with zero attached hydrogens (tertiary/aromatic N) is 2. The molecule has 0 spiro atoms. The lowest BCUT2D eigenvalue weighted by Gasteiger charge is -2.06. The summed E-state index contributed by atoms with van der Waals surface area (Å²) >= 11 is 0. The Balaban J connectivity index is 1.92. The lowest BCUT2D eigenvalue weighted by molar-refractivity contribution is 0.461. The van der Waals surface area contributed by atoms with Crippen molar-refractivity contribution in [3.63, 3.8) is 0 Å². The first-order chi connectivity index (χ1) is 9.35. The monoisotopic (exact) mass is 251 g/mol. The summed E-state index contributed by atoms with van der Waals surface area (Å²) in [6.45, 7) is 0. The van der Waals surface area contributed by atoms with E-state index in [0.717, 1.165) is 11.1 Å². The third-order valence-corrected chi connectivity index (χ3v) is 2.81. The fraction of sp³-hybridized carbons (Fsp3) is 0.0667. The van der Waals surface area contributed by atoms with Gasteiger partial charge in [0.1, 0.15) is 11.6 Å². The van der Waals surface area contributed by atoms with Gasteiger partial charge in [0.2, 0.25) is 5.88 Å². The summed E-state index contributed by atoms with van der Waals surface area (Å²) < 4.78 is 5.72. The highest BCUT2D eigenvalue weighted by atomic mass is 16.5. The average molecular weight is 251 g/mol. The molecule has 0 aliphatic rings. The molecule has 0 saturated heterocycles. The van der Waals surface area contributed by atoms with E-state index in [0.29, 0.717) is 11.7 Å². The van der Waals surface area contributed by atoms with Crippen LogP contribution < -0.4 is 10.1 Å². The number of rotatable bonds is 3. The summed E-state index contributed by atoms with van der Waals surface area (Å²) in [5.74, 6) is 1.90.